The molecule has 1 aliphatic heterocycles. The van der Waals surface area contributed by atoms with Crippen LogP contribution in [0.4, 0.5) is 0 Å². The van der Waals surface area contributed by atoms with E-state index in [9.17, 15) is 9.90 Å². The van der Waals surface area contributed by atoms with Gasteiger partial charge in [0.15, 0.2) is 0 Å². The molecule has 2 heterocycles. The van der Waals surface area contributed by atoms with E-state index in [4.69, 9.17) is 0 Å². The van der Waals surface area contributed by atoms with E-state index >= 15 is 0 Å². The van der Waals surface area contributed by atoms with Crippen molar-refractivity contribution in [3.63, 3.8) is 0 Å². The first-order chi connectivity index (χ1) is 8.18. The molecule has 0 spiro atoms. The van der Waals surface area contributed by atoms with E-state index in [-0.39, 0.29) is 5.92 Å². The second kappa shape index (κ2) is 5.23. The second-order valence-electron chi connectivity index (χ2n) is 4.54. The summed E-state index contributed by atoms with van der Waals surface area (Å²) in [6.07, 6.45) is 5.39. The summed E-state index contributed by atoms with van der Waals surface area (Å²) in [5, 5.41) is 9.27. The third-order valence-electron chi connectivity index (χ3n) is 3.25. The minimum atomic E-state index is -0.742. The van der Waals surface area contributed by atoms with E-state index in [0.717, 1.165) is 19.4 Å². The van der Waals surface area contributed by atoms with E-state index < -0.39 is 12.0 Å². The average Bonchev–Trinajstić information content (AvgIpc) is 2.30. The first-order valence-corrected chi connectivity index (χ1v) is 5.91. The van der Waals surface area contributed by atoms with Crippen molar-refractivity contribution in [3.8, 4) is 0 Å². The van der Waals surface area contributed by atoms with Gasteiger partial charge in [-0.3, -0.25) is 9.69 Å². The summed E-state index contributed by atoms with van der Waals surface area (Å²) in [7, 11) is 0. The Morgan fingerprint density at radius 3 is 2.88 bits per heavy atom. The minimum absolute atomic E-state index is 0.185. The Bertz CT molecular complexity index is 383. The zero-order chi connectivity index (χ0) is 12.3. The normalized spacial score (nSPS) is 25.7. The van der Waals surface area contributed by atoms with Crippen LogP contribution in [-0.2, 0) is 11.3 Å². The van der Waals surface area contributed by atoms with Gasteiger partial charge >= 0.3 is 5.97 Å². The number of hydrogen-bond acceptors (Lipinski definition) is 4. The van der Waals surface area contributed by atoms with Gasteiger partial charge in [-0.1, -0.05) is 6.92 Å². The molecule has 2 unspecified atom stereocenters. The van der Waals surface area contributed by atoms with E-state index in [0.29, 0.717) is 12.4 Å². The number of rotatable bonds is 3. The molecular weight excluding hydrogens is 218 g/mol. The van der Waals surface area contributed by atoms with Crippen molar-refractivity contribution in [2.75, 3.05) is 6.54 Å². The number of aliphatic carboxylic acids is 1. The lowest BCUT2D eigenvalue weighted by Gasteiger charge is -2.36. The lowest BCUT2D eigenvalue weighted by molar-refractivity contribution is -0.147. The lowest BCUT2D eigenvalue weighted by Crippen LogP contribution is -2.48. The maximum Gasteiger partial charge on any atom is 0.321 e. The molecule has 17 heavy (non-hydrogen) atoms. The van der Waals surface area contributed by atoms with Crippen molar-refractivity contribution in [1.29, 1.82) is 0 Å². The molecule has 92 valence electrons. The van der Waals surface area contributed by atoms with Crippen LogP contribution in [0.5, 0.6) is 0 Å². The fraction of sp³-hybridized carbons (Fsp3) is 0.583. The summed E-state index contributed by atoms with van der Waals surface area (Å²) in [5.74, 6) is 0.131. The van der Waals surface area contributed by atoms with Crippen molar-refractivity contribution in [1.82, 2.24) is 14.9 Å². The standard InChI is InChI=1S/C12H17N3O2/c1-9-4-2-7-15(11(9)12(16)17)8-10-13-5-3-6-14-10/h3,5-6,9,11H,2,4,7-8H2,1H3,(H,16,17). The SMILES string of the molecule is CC1CCCN(Cc2ncccn2)C1C(=O)O. The molecule has 0 bridgehead atoms. The molecule has 5 heteroatoms. The second-order valence-corrected chi connectivity index (χ2v) is 4.54. The lowest BCUT2D eigenvalue weighted by atomic mass is 9.91. The van der Waals surface area contributed by atoms with Crippen LogP contribution in [-0.4, -0.2) is 38.5 Å². The molecule has 1 aromatic rings. The first-order valence-electron chi connectivity index (χ1n) is 5.91. The van der Waals surface area contributed by atoms with Crippen molar-refractivity contribution < 1.29 is 9.90 Å². The minimum Gasteiger partial charge on any atom is -0.480 e. The third kappa shape index (κ3) is 2.79. The molecular formula is C12H17N3O2. The molecule has 5 nitrogen and oxygen atoms in total. The molecule has 0 radical (unpaired) electrons. The molecule has 0 amide bonds. The van der Waals surface area contributed by atoms with E-state index in [1.165, 1.54) is 0 Å². The molecule has 1 N–H and O–H groups in total. The van der Waals surface area contributed by atoms with Gasteiger partial charge in [0, 0.05) is 12.4 Å². The summed E-state index contributed by atoms with van der Waals surface area (Å²) in [6, 6.07) is 1.35. The number of carbonyl (C=O) groups is 1. The number of carboxylic acid groups (broad SMARTS) is 1. The Labute approximate surface area is 100 Å². The summed E-state index contributed by atoms with van der Waals surface area (Å²) in [6.45, 7) is 3.32. The summed E-state index contributed by atoms with van der Waals surface area (Å²) in [5.41, 5.74) is 0. The number of likely N-dealkylation sites (tertiary alicyclic amines) is 1. The van der Waals surface area contributed by atoms with E-state index in [1.807, 2.05) is 11.8 Å². The fourth-order valence-electron chi connectivity index (χ4n) is 2.44. The summed E-state index contributed by atoms with van der Waals surface area (Å²) >= 11 is 0. The molecule has 1 saturated heterocycles. The van der Waals surface area contributed by atoms with Crippen LogP contribution in [0, 0.1) is 5.92 Å². The molecule has 1 aromatic heterocycles. The molecule has 1 fully saturated rings. The van der Waals surface area contributed by atoms with Crippen LogP contribution in [0.25, 0.3) is 0 Å². The molecule has 0 aliphatic carbocycles. The monoisotopic (exact) mass is 235 g/mol. The van der Waals surface area contributed by atoms with Crippen LogP contribution in [0.2, 0.25) is 0 Å². The van der Waals surface area contributed by atoms with Crippen molar-refractivity contribution >= 4 is 5.97 Å². The topological polar surface area (TPSA) is 66.3 Å². The predicted octanol–water partition coefficient (Wildman–Crippen LogP) is 1.16. The van der Waals surface area contributed by atoms with Gasteiger partial charge in [-0.2, -0.15) is 0 Å². The Balaban J connectivity index is 2.10. The molecule has 0 aromatic carbocycles. The van der Waals surface area contributed by atoms with E-state index in [1.54, 1.807) is 18.5 Å². The van der Waals surface area contributed by atoms with Gasteiger partial charge in [0.05, 0.1) is 6.54 Å². The van der Waals surface area contributed by atoms with Gasteiger partial charge < -0.3 is 5.11 Å². The third-order valence-corrected chi connectivity index (χ3v) is 3.25. The Morgan fingerprint density at radius 1 is 1.53 bits per heavy atom. The molecule has 1 aliphatic rings. The smallest absolute Gasteiger partial charge is 0.321 e. The van der Waals surface area contributed by atoms with Crippen molar-refractivity contribution in [2.45, 2.75) is 32.4 Å². The maximum absolute atomic E-state index is 11.3. The largest absolute Gasteiger partial charge is 0.480 e. The first kappa shape index (κ1) is 12.0. The molecule has 2 rings (SSSR count). The van der Waals surface area contributed by atoms with Crippen molar-refractivity contribution in [2.24, 2.45) is 5.92 Å². The quantitative estimate of drug-likeness (QED) is 0.851. The zero-order valence-corrected chi connectivity index (χ0v) is 9.91. The Kier molecular flexibility index (Phi) is 3.68. The number of aromatic nitrogens is 2. The van der Waals surface area contributed by atoms with Gasteiger partial charge in [0.25, 0.3) is 0 Å². The number of nitrogens with zero attached hydrogens (tertiary/aromatic N) is 3. The van der Waals surface area contributed by atoms with Gasteiger partial charge in [-0.25, -0.2) is 9.97 Å². The van der Waals surface area contributed by atoms with Gasteiger partial charge in [-0.05, 0) is 31.4 Å². The fourth-order valence-corrected chi connectivity index (χ4v) is 2.44. The van der Waals surface area contributed by atoms with Gasteiger partial charge in [-0.15, -0.1) is 0 Å². The highest BCUT2D eigenvalue weighted by molar-refractivity contribution is 5.74. The number of carboxylic acids is 1. The number of hydrogen-bond donors (Lipinski definition) is 1. The van der Waals surface area contributed by atoms with Crippen LogP contribution in [0.3, 0.4) is 0 Å². The van der Waals surface area contributed by atoms with Gasteiger partial charge in [0.2, 0.25) is 0 Å². The van der Waals surface area contributed by atoms with Crippen LogP contribution in [0.1, 0.15) is 25.6 Å². The average molecular weight is 235 g/mol. The van der Waals surface area contributed by atoms with Crippen LogP contribution < -0.4 is 0 Å². The van der Waals surface area contributed by atoms with Crippen LogP contribution >= 0.6 is 0 Å². The number of piperidine rings is 1. The van der Waals surface area contributed by atoms with Crippen LogP contribution in [0.15, 0.2) is 18.5 Å². The molecule has 2 atom stereocenters. The summed E-state index contributed by atoms with van der Waals surface area (Å²) < 4.78 is 0. The molecule has 0 saturated carbocycles. The Hall–Kier alpha value is -1.49. The maximum atomic E-state index is 11.3. The van der Waals surface area contributed by atoms with E-state index in [2.05, 4.69) is 9.97 Å². The zero-order valence-electron chi connectivity index (χ0n) is 9.91. The van der Waals surface area contributed by atoms with Gasteiger partial charge in [0.1, 0.15) is 11.9 Å². The highest BCUT2D eigenvalue weighted by Crippen LogP contribution is 2.24. The predicted molar refractivity (Wildman–Crippen MR) is 62.3 cm³/mol. The Morgan fingerprint density at radius 2 is 2.24 bits per heavy atom. The highest BCUT2D eigenvalue weighted by Gasteiger charge is 2.34. The highest BCUT2D eigenvalue weighted by atomic mass is 16.4. The van der Waals surface area contributed by atoms with Crippen molar-refractivity contribution in [3.05, 3.63) is 24.3 Å². The summed E-state index contributed by atoms with van der Waals surface area (Å²) in [4.78, 5) is 21.5.